The Morgan fingerprint density at radius 1 is 0.913 bits per heavy atom. The molecule has 1 aromatic heterocycles. The molecule has 3 N–H and O–H groups in total. The van der Waals surface area contributed by atoms with Crippen LogP contribution in [0, 0.1) is 0 Å². The highest BCUT2D eigenvalue weighted by Gasteiger charge is 2.45. The molecule has 13 nitrogen and oxygen atoms in total. The van der Waals surface area contributed by atoms with Gasteiger partial charge in [-0.25, -0.2) is 14.4 Å². The van der Waals surface area contributed by atoms with Gasteiger partial charge in [0.1, 0.15) is 18.3 Å². The van der Waals surface area contributed by atoms with Gasteiger partial charge < -0.3 is 29.5 Å². The number of aromatic nitrogens is 2. The maximum atomic E-state index is 12.6. The van der Waals surface area contributed by atoms with Crippen LogP contribution in [-0.2, 0) is 23.1 Å². The first-order chi connectivity index (χ1) is 22.3. The van der Waals surface area contributed by atoms with E-state index in [1.54, 1.807) is 6.34 Å². The Bertz CT molecular complexity index is 1100. The van der Waals surface area contributed by atoms with Gasteiger partial charge in [0, 0.05) is 19.3 Å². The van der Waals surface area contributed by atoms with Gasteiger partial charge in [-0.15, -0.1) is 0 Å². The third kappa shape index (κ3) is 14.6. The highest BCUT2D eigenvalue weighted by atomic mass is 31.2. The Kier molecular flexibility index (Phi) is 18.6. The molecule has 264 valence electrons. The van der Waals surface area contributed by atoms with Gasteiger partial charge in [-0.05, 0) is 12.5 Å². The van der Waals surface area contributed by atoms with Gasteiger partial charge in [0.2, 0.25) is 0 Å². The first kappa shape index (κ1) is 38.7. The molecular weight excluding hydrogens is 615 g/mol. The Hall–Kier alpha value is -1.70. The zero-order chi connectivity index (χ0) is 33.0. The molecule has 0 aliphatic carbocycles. The van der Waals surface area contributed by atoms with Crippen molar-refractivity contribution < 1.29 is 38.2 Å². The minimum absolute atomic E-state index is 0.0764. The second kappa shape index (κ2) is 22.0. The van der Waals surface area contributed by atoms with Gasteiger partial charge in [0.05, 0.1) is 32.8 Å². The quantitative estimate of drug-likeness (QED) is 0.0569. The van der Waals surface area contributed by atoms with Crippen LogP contribution in [0.25, 0.3) is 0 Å². The number of ether oxygens (including phenoxy) is 2. The second-order valence-electron chi connectivity index (χ2n) is 12.3. The van der Waals surface area contributed by atoms with Crippen molar-refractivity contribution in [3.63, 3.8) is 0 Å². The molecule has 0 spiro atoms. The maximum Gasteiger partial charge on any atom is 0.472 e. The molecule has 2 unspecified atom stereocenters. The molecule has 46 heavy (non-hydrogen) atoms. The van der Waals surface area contributed by atoms with E-state index >= 15 is 0 Å². The zero-order valence-electron chi connectivity index (χ0n) is 27.6. The number of unbranched alkanes of at least 4 members (excludes halogenated alkanes) is 15. The first-order valence-corrected chi connectivity index (χ1v) is 18.9. The third-order valence-electron chi connectivity index (χ3n) is 8.48. The number of phosphoric ester groups is 1. The Balaban J connectivity index is 1.24. The van der Waals surface area contributed by atoms with Crippen molar-refractivity contribution in [1.29, 1.82) is 0 Å². The lowest BCUT2D eigenvalue weighted by Gasteiger charge is -2.24. The lowest BCUT2D eigenvalue weighted by molar-refractivity contribution is -0.0551. The average molecular weight is 673 g/mol. The van der Waals surface area contributed by atoms with Crippen LogP contribution in [0.15, 0.2) is 22.1 Å². The maximum absolute atomic E-state index is 12.6. The fourth-order valence-corrected chi connectivity index (χ4v) is 6.40. The lowest BCUT2D eigenvalue weighted by Crippen LogP contribution is -2.36. The van der Waals surface area contributed by atoms with Crippen LogP contribution < -0.4 is 5.69 Å². The van der Waals surface area contributed by atoms with Crippen LogP contribution in [0.5, 0.6) is 0 Å². The van der Waals surface area contributed by atoms with Crippen LogP contribution in [-0.4, -0.2) is 93.7 Å². The molecule has 2 aliphatic heterocycles. The van der Waals surface area contributed by atoms with E-state index in [-0.39, 0.29) is 12.4 Å². The fraction of sp³-hybridized carbons (Fsp3) is 0.844. The van der Waals surface area contributed by atoms with Crippen LogP contribution in [0.2, 0.25) is 0 Å². The van der Waals surface area contributed by atoms with Gasteiger partial charge in [-0.2, -0.15) is 4.98 Å². The van der Waals surface area contributed by atoms with E-state index in [0.29, 0.717) is 32.7 Å². The SMILES string of the molecule is CCCCCCCCCCCCCCCCCCOP(=O)(O)OC[C@H]1O[C@@H](n2ccc(N=CN3CCOCC3)nc2=O)C(O)[C@H]1O. The molecule has 5 atom stereocenters. The summed E-state index contributed by atoms with van der Waals surface area (Å²) in [6.45, 7) is 4.40. The van der Waals surface area contributed by atoms with Gasteiger partial charge >= 0.3 is 13.5 Å². The number of aliphatic hydroxyl groups excluding tert-OH is 2. The van der Waals surface area contributed by atoms with Crippen molar-refractivity contribution in [3.8, 4) is 0 Å². The second-order valence-corrected chi connectivity index (χ2v) is 13.8. The Morgan fingerprint density at radius 3 is 2.04 bits per heavy atom. The van der Waals surface area contributed by atoms with E-state index in [9.17, 15) is 24.5 Å². The molecule has 3 rings (SSSR count). The molecule has 0 saturated carbocycles. The molecular formula is C32H57N4O9P. The van der Waals surface area contributed by atoms with Crippen LogP contribution in [0.1, 0.15) is 116 Å². The Labute approximate surface area is 273 Å². The molecule has 2 aliphatic rings. The van der Waals surface area contributed by atoms with Gasteiger partial charge in [-0.3, -0.25) is 13.6 Å². The molecule has 14 heteroatoms. The molecule has 0 aromatic carbocycles. The van der Waals surface area contributed by atoms with E-state index in [1.807, 2.05) is 4.90 Å². The number of phosphoric acid groups is 1. The summed E-state index contributed by atoms with van der Waals surface area (Å²) in [5.74, 6) is 0.184. The summed E-state index contributed by atoms with van der Waals surface area (Å²) < 4.78 is 34.4. The van der Waals surface area contributed by atoms with E-state index in [2.05, 4.69) is 16.9 Å². The van der Waals surface area contributed by atoms with Gasteiger partial charge in [-0.1, -0.05) is 103 Å². The highest BCUT2D eigenvalue weighted by Crippen LogP contribution is 2.44. The summed E-state index contributed by atoms with van der Waals surface area (Å²) in [5, 5.41) is 21.0. The van der Waals surface area contributed by atoms with E-state index in [1.165, 1.54) is 89.3 Å². The van der Waals surface area contributed by atoms with E-state index < -0.39 is 44.7 Å². The largest absolute Gasteiger partial charge is 0.472 e. The summed E-state index contributed by atoms with van der Waals surface area (Å²) in [4.78, 5) is 32.8. The molecule has 3 heterocycles. The van der Waals surface area contributed by atoms with Crippen molar-refractivity contribution in [2.24, 2.45) is 4.99 Å². The molecule has 0 radical (unpaired) electrons. The highest BCUT2D eigenvalue weighted by molar-refractivity contribution is 7.47. The van der Waals surface area contributed by atoms with Crippen LogP contribution >= 0.6 is 7.82 Å². The zero-order valence-corrected chi connectivity index (χ0v) is 28.5. The molecule has 2 fully saturated rings. The first-order valence-electron chi connectivity index (χ1n) is 17.4. The van der Waals surface area contributed by atoms with Crippen molar-refractivity contribution in [1.82, 2.24) is 14.5 Å². The number of aliphatic hydroxyl groups is 2. The normalized spacial score (nSPS) is 23.3. The fourth-order valence-electron chi connectivity index (χ4n) is 5.63. The van der Waals surface area contributed by atoms with Crippen molar-refractivity contribution >= 4 is 20.0 Å². The number of hydrogen-bond acceptors (Lipinski definition) is 10. The van der Waals surface area contributed by atoms with Crippen molar-refractivity contribution in [2.45, 2.75) is 134 Å². The minimum atomic E-state index is -4.39. The standard InChI is InChI=1S/C32H57N4O9P/c1-2-3-4-5-6-7-8-9-10-11-12-13-14-15-16-17-22-43-46(40,41)44-25-27-29(37)30(38)31(45-27)36-19-18-28(34-32(36)39)33-26-35-20-23-42-24-21-35/h18-19,26-27,29-31,37-38H,2-17,20-25H2,1H3,(H,40,41)/t27-,29+,30?,31-/m1/s1. The minimum Gasteiger partial charge on any atom is -0.387 e. The predicted molar refractivity (Wildman–Crippen MR) is 176 cm³/mol. The number of morpholine rings is 1. The number of rotatable bonds is 24. The molecule has 2 saturated heterocycles. The van der Waals surface area contributed by atoms with E-state index in [0.717, 1.165) is 23.8 Å². The molecule has 0 bridgehead atoms. The summed E-state index contributed by atoms with van der Waals surface area (Å²) in [6, 6.07) is 1.49. The predicted octanol–water partition coefficient (Wildman–Crippen LogP) is 5.25. The molecule has 1 aromatic rings. The van der Waals surface area contributed by atoms with Crippen molar-refractivity contribution in [3.05, 3.63) is 22.7 Å². The summed E-state index contributed by atoms with van der Waals surface area (Å²) in [7, 11) is -4.39. The summed E-state index contributed by atoms with van der Waals surface area (Å²) >= 11 is 0. The lowest BCUT2D eigenvalue weighted by atomic mass is 10.0. The average Bonchev–Trinajstić information content (AvgIpc) is 3.33. The molecule has 0 amide bonds. The van der Waals surface area contributed by atoms with Crippen LogP contribution in [0.3, 0.4) is 0 Å². The summed E-state index contributed by atoms with van der Waals surface area (Å²) in [6.07, 6.45) is 17.3. The number of aliphatic imine (C=N–C) groups is 1. The van der Waals surface area contributed by atoms with Gasteiger partial charge in [0.15, 0.2) is 12.0 Å². The number of hydrogen-bond donors (Lipinski definition) is 3. The number of nitrogens with zero attached hydrogens (tertiary/aromatic N) is 4. The monoisotopic (exact) mass is 672 g/mol. The smallest absolute Gasteiger partial charge is 0.387 e. The van der Waals surface area contributed by atoms with Crippen molar-refractivity contribution in [2.75, 3.05) is 39.5 Å². The third-order valence-corrected chi connectivity index (χ3v) is 9.46. The topological polar surface area (TPSA) is 165 Å². The van der Waals surface area contributed by atoms with E-state index in [4.69, 9.17) is 18.5 Å². The summed E-state index contributed by atoms with van der Waals surface area (Å²) in [5.41, 5.74) is -0.732. The van der Waals surface area contributed by atoms with Gasteiger partial charge in [0.25, 0.3) is 0 Å². The Morgan fingerprint density at radius 2 is 1.48 bits per heavy atom. The van der Waals surface area contributed by atoms with Crippen LogP contribution in [0.4, 0.5) is 5.82 Å².